The topological polar surface area (TPSA) is 141 Å². The highest BCUT2D eigenvalue weighted by Gasteiger charge is 2.26. The second-order valence-electron chi connectivity index (χ2n) is 14.9. The number of phenols is 1. The molecule has 0 bridgehead atoms. The van der Waals surface area contributed by atoms with E-state index in [1.807, 2.05) is 30.3 Å². The minimum Gasteiger partial charge on any atom is -0.508 e. The Labute approximate surface area is 332 Å². The first-order chi connectivity index (χ1) is 26.8. The highest BCUT2D eigenvalue weighted by molar-refractivity contribution is 7.47. The molecule has 2 rings (SSSR count). The number of fused-ring (bicyclic) bond motifs is 1. The summed E-state index contributed by atoms with van der Waals surface area (Å²) in [5, 5.41) is 15.4. The molecular weight excluding hydrogens is 717 g/mol. The van der Waals surface area contributed by atoms with Gasteiger partial charge in [-0.2, -0.15) is 0 Å². The van der Waals surface area contributed by atoms with Gasteiger partial charge in [0.2, 0.25) is 0 Å². The third kappa shape index (κ3) is 24.7. The van der Waals surface area contributed by atoms with Crippen LogP contribution in [0.3, 0.4) is 0 Å². The minimum absolute atomic E-state index is 0.142. The van der Waals surface area contributed by atoms with Crippen molar-refractivity contribution >= 4 is 30.5 Å². The van der Waals surface area contributed by atoms with Gasteiger partial charge in [0.25, 0.3) is 0 Å². The molecular formula is C44H74NO9P. The number of nitrogens with one attached hydrogen (secondary N) is 1. The molecule has 11 heteroatoms. The molecule has 0 amide bonds. The summed E-state index contributed by atoms with van der Waals surface area (Å²) in [6.07, 6.45) is 25.2. The lowest BCUT2D eigenvalue weighted by Gasteiger charge is -2.20. The molecule has 2 aromatic carbocycles. The normalized spacial score (nSPS) is 13.1. The summed E-state index contributed by atoms with van der Waals surface area (Å²) in [5.41, 5.74) is 0.720. The zero-order chi connectivity index (χ0) is 39.8. The van der Waals surface area contributed by atoms with E-state index in [4.69, 9.17) is 18.5 Å². The highest BCUT2D eigenvalue weighted by atomic mass is 31.2. The van der Waals surface area contributed by atoms with Crippen molar-refractivity contribution in [1.29, 1.82) is 0 Å². The summed E-state index contributed by atoms with van der Waals surface area (Å²) in [7, 11) is -4.51. The molecule has 10 nitrogen and oxygen atoms in total. The first kappa shape index (κ1) is 48.7. The Kier molecular flexibility index (Phi) is 27.9. The zero-order valence-electron chi connectivity index (χ0n) is 34.2. The number of benzene rings is 2. The van der Waals surface area contributed by atoms with Crippen molar-refractivity contribution in [2.45, 2.75) is 181 Å². The highest BCUT2D eigenvalue weighted by Crippen LogP contribution is 2.43. The SMILES string of the molecule is CCCCCCCCCCCCCC(=O)OC[C@H](COP(=O)(O)OCCNCc1c(O)ccc2ccccc12)OC(=O)CCCCCCCCCCCCC. The molecule has 0 spiro atoms. The van der Waals surface area contributed by atoms with Crippen LogP contribution >= 0.6 is 7.82 Å². The van der Waals surface area contributed by atoms with Crippen LogP contribution in [0.25, 0.3) is 10.8 Å². The average molecular weight is 792 g/mol. The molecule has 0 radical (unpaired) electrons. The van der Waals surface area contributed by atoms with Crippen LogP contribution in [0.1, 0.15) is 174 Å². The molecule has 2 atom stereocenters. The third-order valence-electron chi connectivity index (χ3n) is 9.97. The van der Waals surface area contributed by atoms with Crippen LogP contribution in [0.15, 0.2) is 36.4 Å². The molecule has 0 aromatic heterocycles. The lowest BCUT2D eigenvalue weighted by molar-refractivity contribution is -0.161. The summed E-state index contributed by atoms with van der Waals surface area (Å²) in [4.78, 5) is 35.6. The molecule has 0 aliphatic heterocycles. The quantitative estimate of drug-likeness (QED) is 0.0347. The van der Waals surface area contributed by atoms with E-state index in [0.29, 0.717) is 13.0 Å². The fraction of sp³-hybridized carbons (Fsp3) is 0.727. The van der Waals surface area contributed by atoms with Gasteiger partial charge in [0, 0.05) is 31.5 Å². The standard InChI is InChI=1S/C44H74NO9P/c1-3-5-7-9-11-13-15-17-19-21-23-29-43(47)51-36-39(54-44(48)30-24-22-20-18-16-14-12-10-8-6-4-2)37-53-55(49,50)52-34-33-45-35-41-40-28-26-25-27-38(40)31-32-42(41)46/h25-28,31-32,39,45-46H,3-24,29-30,33-37H2,1-2H3,(H,49,50)/t39-/m1/s1. The number of hydrogen-bond donors (Lipinski definition) is 3. The van der Waals surface area contributed by atoms with Crippen molar-refractivity contribution in [2.24, 2.45) is 0 Å². The van der Waals surface area contributed by atoms with Gasteiger partial charge < -0.3 is 24.8 Å². The predicted octanol–water partition coefficient (Wildman–Crippen LogP) is 11.6. The van der Waals surface area contributed by atoms with Gasteiger partial charge in [0.05, 0.1) is 13.2 Å². The Hall–Kier alpha value is -2.49. The van der Waals surface area contributed by atoms with Crippen LogP contribution in [0.2, 0.25) is 0 Å². The summed E-state index contributed by atoms with van der Waals surface area (Å²) >= 11 is 0. The predicted molar refractivity (Wildman–Crippen MR) is 222 cm³/mol. The summed E-state index contributed by atoms with van der Waals surface area (Å²) in [5.74, 6) is -0.693. The summed E-state index contributed by atoms with van der Waals surface area (Å²) < 4.78 is 34.1. The van der Waals surface area contributed by atoms with E-state index in [2.05, 4.69) is 19.2 Å². The van der Waals surface area contributed by atoms with Crippen molar-refractivity contribution in [3.05, 3.63) is 42.0 Å². The molecule has 55 heavy (non-hydrogen) atoms. The van der Waals surface area contributed by atoms with E-state index in [1.54, 1.807) is 6.07 Å². The lowest BCUT2D eigenvalue weighted by Crippen LogP contribution is -2.29. The maximum atomic E-state index is 12.7. The molecule has 0 saturated heterocycles. The number of carbonyl (C=O) groups excluding carboxylic acids is 2. The number of aromatic hydroxyl groups is 1. The van der Waals surface area contributed by atoms with Crippen molar-refractivity contribution in [1.82, 2.24) is 5.32 Å². The van der Waals surface area contributed by atoms with Crippen molar-refractivity contribution in [2.75, 3.05) is 26.4 Å². The zero-order valence-corrected chi connectivity index (χ0v) is 35.1. The Morgan fingerprint density at radius 3 is 1.73 bits per heavy atom. The Morgan fingerprint density at radius 2 is 1.16 bits per heavy atom. The van der Waals surface area contributed by atoms with Gasteiger partial charge >= 0.3 is 19.8 Å². The fourth-order valence-electron chi connectivity index (χ4n) is 6.66. The maximum absolute atomic E-state index is 12.7. The molecule has 1 unspecified atom stereocenters. The molecule has 0 fully saturated rings. The van der Waals surface area contributed by atoms with Gasteiger partial charge in [-0.25, -0.2) is 4.57 Å². The van der Waals surface area contributed by atoms with Crippen LogP contribution in [0, 0.1) is 0 Å². The molecule has 0 aliphatic rings. The third-order valence-corrected chi connectivity index (χ3v) is 11.0. The van der Waals surface area contributed by atoms with Crippen LogP contribution in [0.4, 0.5) is 0 Å². The van der Waals surface area contributed by atoms with E-state index in [1.165, 1.54) is 96.3 Å². The number of phenolic OH excluding ortho intramolecular Hbond substituents is 1. The summed E-state index contributed by atoms with van der Waals surface area (Å²) in [6.45, 7) is 4.13. The molecule has 314 valence electrons. The first-order valence-corrected chi connectivity index (χ1v) is 23.1. The molecule has 0 aliphatic carbocycles. The van der Waals surface area contributed by atoms with E-state index in [9.17, 15) is 24.2 Å². The fourth-order valence-corrected chi connectivity index (χ4v) is 7.41. The van der Waals surface area contributed by atoms with Crippen molar-refractivity contribution in [3.8, 4) is 5.75 Å². The second-order valence-corrected chi connectivity index (χ2v) is 16.4. The van der Waals surface area contributed by atoms with Crippen LogP contribution in [0.5, 0.6) is 5.75 Å². The number of rotatable bonds is 36. The van der Waals surface area contributed by atoms with E-state index in [0.717, 1.165) is 54.9 Å². The Bertz CT molecular complexity index is 1340. The average Bonchev–Trinajstić information content (AvgIpc) is 3.17. The Balaban J connectivity index is 1.73. The molecule has 0 saturated carbocycles. The second kappa shape index (κ2) is 31.6. The number of esters is 2. The first-order valence-electron chi connectivity index (χ1n) is 21.6. The largest absolute Gasteiger partial charge is 0.508 e. The minimum atomic E-state index is -4.51. The molecule has 3 N–H and O–H groups in total. The van der Waals surface area contributed by atoms with E-state index in [-0.39, 0.29) is 38.3 Å². The lowest BCUT2D eigenvalue weighted by atomic mass is 10.0. The van der Waals surface area contributed by atoms with Crippen LogP contribution in [-0.4, -0.2) is 54.4 Å². The van der Waals surface area contributed by atoms with Crippen LogP contribution < -0.4 is 5.32 Å². The number of phosphoric ester groups is 1. The van der Waals surface area contributed by atoms with E-state index < -0.39 is 32.5 Å². The number of hydrogen-bond acceptors (Lipinski definition) is 9. The van der Waals surface area contributed by atoms with Gasteiger partial charge in [0.15, 0.2) is 6.10 Å². The summed E-state index contributed by atoms with van der Waals surface area (Å²) in [6, 6.07) is 11.2. The van der Waals surface area contributed by atoms with Gasteiger partial charge in [0.1, 0.15) is 12.4 Å². The van der Waals surface area contributed by atoms with Gasteiger partial charge in [-0.1, -0.05) is 173 Å². The van der Waals surface area contributed by atoms with Gasteiger partial charge in [-0.3, -0.25) is 18.6 Å². The molecule has 0 heterocycles. The van der Waals surface area contributed by atoms with E-state index >= 15 is 0 Å². The Morgan fingerprint density at radius 1 is 0.655 bits per heavy atom. The van der Waals surface area contributed by atoms with Gasteiger partial charge in [-0.05, 0) is 29.7 Å². The van der Waals surface area contributed by atoms with Gasteiger partial charge in [-0.15, -0.1) is 0 Å². The number of ether oxygens (including phenoxy) is 2. The monoisotopic (exact) mass is 792 g/mol. The number of unbranched alkanes of at least 4 members (excludes halogenated alkanes) is 20. The van der Waals surface area contributed by atoms with Crippen molar-refractivity contribution in [3.63, 3.8) is 0 Å². The smallest absolute Gasteiger partial charge is 0.472 e. The van der Waals surface area contributed by atoms with Crippen LogP contribution in [-0.2, 0) is 39.2 Å². The number of phosphoric acid groups is 1. The van der Waals surface area contributed by atoms with Crippen molar-refractivity contribution < 1.29 is 42.7 Å². The maximum Gasteiger partial charge on any atom is 0.472 e. The molecule has 2 aromatic rings. The number of carbonyl (C=O) groups is 2.